The lowest BCUT2D eigenvalue weighted by Gasteiger charge is -2.23. The lowest BCUT2D eigenvalue weighted by atomic mass is 10.0. The number of hydrogen-bond donors (Lipinski definition) is 2. The third-order valence-electron chi connectivity index (χ3n) is 6.73. The summed E-state index contributed by atoms with van der Waals surface area (Å²) in [6, 6.07) is 8.47. The van der Waals surface area contributed by atoms with E-state index in [4.69, 9.17) is 14.2 Å². The van der Waals surface area contributed by atoms with E-state index < -0.39 is 29.8 Å². The number of rotatable bonds is 24. The van der Waals surface area contributed by atoms with Crippen LogP contribution in [0.25, 0.3) is 0 Å². The van der Waals surface area contributed by atoms with Crippen molar-refractivity contribution in [2.24, 2.45) is 0 Å². The molecule has 2 N–H and O–H groups in total. The van der Waals surface area contributed by atoms with Gasteiger partial charge < -0.3 is 24.8 Å². The summed E-state index contributed by atoms with van der Waals surface area (Å²) in [5.41, 5.74) is 0.170. The van der Waals surface area contributed by atoms with Crippen LogP contribution in [0.4, 0.5) is 9.59 Å². The minimum Gasteiger partial charge on any atom is -0.459 e. The molecule has 0 aliphatic carbocycles. The topological polar surface area (TPSA) is 103 Å². The zero-order valence-corrected chi connectivity index (χ0v) is 28.1. The van der Waals surface area contributed by atoms with Crippen molar-refractivity contribution in [3.63, 3.8) is 0 Å². The standard InChI is InChI=1S/C34H58N2O6S/c1-5-6-7-8-9-10-11-12-13-14-15-16-17-21-25-40-32(38)35-24-26-43-28-30(36-33(39)42-34(2,3)4)31(37)41-27-29-22-19-18-20-23-29/h18-20,22-23,30H,5-17,21,24-28H2,1-4H3,(H,35,38)(H,36,39)/t30-/m0/s1. The fourth-order valence-electron chi connectivity index (χ4n) is 4.39. The Bertz CT molecular complexity index is 862. The number of alkyl carbamates (subject to hydrolysis) is 2. The number of esters is 1. The molecule has 0 heterocycles. The Balaban J connectivity index is 2.12. The predicted octanol–water partition coefficient (Wildman–Crippen LogP) is 8.56. The lowest BCUT2D eigenvalue weighted by Crippen LogP contribution is -2.45. The van der Waals surface area contributed by atoms with Crippen LogP contribution in [0.1, 0.15) is 123 Å². The molecule has 1 aromatic carbocycles. The molecular weight excluding hydrogens is 564 g/mol. The van der Waals surface area contributed by atoms with E-state index in [0.29, 0.717) is 18.9 Å². The third-order valence-corrected chi connectivity index (χ3v) is 7.79. The van der Waals surface area contributed by atoms with E-state index in [9.17, 15) is 14.4 Å². The van der Waals surface area contributed by atoms with Crippen molar-refractivity contribution < 1.29 is 28.6 Å². The molecule has 0 aromatic heterocycles. The fraction of sp³-hybridized carbons (Fsp3) is 0.735. The SMILES string of the molecule is CCCCCCCCCCCCCCCCOC(=O)NCCSC[C@H](NC(=O)OC(C)(C)C)C(=O)OCc1ccccc1. The Labute approximate surface area is 265 Å². The molecular formula is C34H58N2O6S. The minimum absolute atomic E-state index is 0.115. The number of amides is 2. The van der Waals surface area contributed by atoms with Gasteiger partial charge in [-0.2, -0.15) is 11.8 Å². The molecule has 246 valence electrons. The molecule has 1 aromatic rings. The Morgan fingerprint density at radius 2 is 1.33 bits per heavy atom. The Morgan fingerprint density at radius 3 is 1.88 bits per heavy atom. The molecule has 43 heavy (non-hydrogen) atoms. The summed E-state index contributed by atoms with van der Waals surface area (Å²) in [6.45, 7) is 8.46. The average molecular weight is 623 g/mol. The summed E-state index contributed by atoms with van der Waals surface area (Å²) < 4.78 is 16.0. The first-order valence-corrected chi connectivity index (χ1v) is 17.5. The van der Waals surface area contributed by atoms with E-state index in [-0.39, 0.29) is 12.4 Å². The first kappa shape index (κ1) is 38.6. The molecule has 0 saturated carbocycles. The van der Waals surface area contributed by atoms with Gasteiger partial charge in [-0.25, -0.2) is 14.4 Å². The molecule has 0 fully saturated rings. The van der Waals surface area contributed by atoms with Crippen molar-refractivity contribution in [1.82, 2.24) is 10.6 Å². The molecule has 1 atom stereocenters. The van der Waals surface area contributed by atoms with Gasteiger partial charge in [-0.1, -0.05) is 121 Å². The quantitative estimate of drug-likeness (QED) is 0.0676. The van der Waals surface area contributed by atoms with Crippen molar-refractivity contribution in [2.45, 2.75) is 136 Å². The van der Waals surface area contributed by atoms with Crippen LogP contribution in [0, 0.1) is 0 Å². The number of benzene rings is 1. The van der Waals surface area contributed by atoms with Gasteiger partial charge in [0.1, 0.15) is 18.2 Å². The molecule has 0 unspecified atom stereocenters. The van der Waals surface area contributed by atoms with Crippen LogP contribution in [-0.2, 0) is 25.6 Å². The molecule has 1 rings (SSSR count). The number of nitrogens with one attached hydrogen (secondary N) is 2. The van der Waals surface area contributed by atoms with E-state index in [2.05, 4.69) is 17.6 Å². The normalized spacial score (nSPS) is 11.9. The number of thioether (sulfide) groups is 1. The maximum Gasteiger partial charge on any atom is 0.408 e. The number of unbranched alkanes of at least 4 members (excludes halogenated alkanes) is 13. The van der Waals surface area contributed by atoms with Gasteiger partial charge in [0.25, 0.3) is 0 Å². The van der Waals surface area contributed by atoms with Crippen molar-refractivity contribution in [3.05, 3.63) is 35.9 Å². The molecule has 0 aliphatic heterocycles. The molecule has 0 saturated heterocycles. The summed E-state index contributed by atoms with van der Waals surface area (Å²) in [4.78, 5) is 37.0. The zero-order valence-electron chi connectivity index (χ0n) is 27.3. The van der Waals surface area contributed by atoms with Gasteiger partial charge in [-0.05, 0) is 32.8 Å². The predicted molar refractivity (Wildman–Crippen MR) is 176 cm³/mol. The summed E-state index contributed by atoms with van der Waals surface area (Å²) in [5, 5.41) is 5.36. The second-order valence-electron chi connectivity index (χ2n) is 12.0. The molecule has 2 amide bonds. The molecule has 9 heteroatoms. The van der Waals surface area contributed by atoms with E-state index in [1.54, 1.807) is 20.8 Å². The van der Waals surface area contributed by atoms with Crippen LogP contribution >= 0.6 is 11.8 Å². The number of ether oxygens (including phenoxy) is 3. The maximum atomic E-state index is 12.7. The first-order chi connectivity index (χ1) is 20.7. The smallest absolute Gasteiger partial charge is 0.408 e. The zero-order chi connectivity index (χ0) is 31.6. The third kappa shape index (κ3) is 23.7. The minimum atomic E-state index is -0.879. The van der Waals surface area contributed by atoms with Crippen LogP contribution in [0.5, 0.6) is 0 Å². The summed E-state index contributed by atoms with van der Waals surface area (Å²) in [5.74, 6) is 0.289. The van der Waals surface area contributed by atoms with Gasteiger partial charge in [0.2, 0.25) is 0 Å². The monoisotopic (exact) mass is 622 g/mol. The second-order valence-corrected chi connectivity index (χ2v) is 13.2. The average Bonchev–Trinajstić information content (AvgIpc) is 2.96. The number of hydrogen-bond acceptors (Lipinski definition) is 7. The van der Waals surface area contributed by atoms with Crippen LogP contribution < -0.4 is 10.6 Å². The van der Waals surface area contributed by atoms with Gasteiger partial charge in [0.15, 0.2) is 0 Å². The van der Waals surface area contributed by atoms with Gasteiger partial charge in [0.05, 0.1) is 6.61 Å². The van der Waals surface area contributed by atoms with Crippen molar-refractivity contribution >= 4 is 29.9 Å². The highest BCUT2D eigenvalue weighted by Gasteiger charge is 2.25. The Hall–Kier alpha value is -2.42. The molecule has 0 spiro atoms. The second kappa shape index (κ2) is 25.0. The van der Waals surface area contributed by atoms with Gasteiger partial charge in [0, 0.05) is 18.1 Å². The number of carbonyl (C=O) groups excluding carboxylic acids is 3. The largest absolute Gasteiger partial charge is 0.459 e. The van der Waals surface area contributed by atoms with E-state index in [1.165, 1.54) is 88.8 Å². The molecule has 0 aliphatic rings. The highest BCUT2D eigenvalue weighted by molar-refractivity contribution is 7.99. The summed E-state index contributed by atoms with van der Waals surface area (Å²) in [7, 11) is 0. The first-order valence-electron chi connectivity index (χ1n) is 16.4. The molecule has 0 radical (unpaired) electrons. The van der Waals surface area contributed by atoms with Gasteiger partial charge in [-0.3, -0.25) is 0 Å². The van der Waals surface area contributed by atoms with E-state index in [1.807, 2.05) is 30.3 Å². The van der Waals surface area contributed by atoms with E-state index in [0.717, 1.165) is 18.4 Å². The Kier molecular flexibility index (Phi) is 22.4. The van der Waals surface area contributed by atoms with Crippen molar-refractivity contribution in [2.75, 3.05) is 24.7 Å². The van der Waals surface area contributed by atoms with Crippen molar-refractivity contribution in [3.8, 4) is 0 Å². The van der Waals surface area contributed by atoms with Gasteiger partial charge >= 0.3 is 18.2 Å². The highest BCUT2D eigenvalue weighted by atomic mass is 32.2. The van der Waals surface area contributed by atoms with Crippen LogP contribution in [-0.4, -0.2) is 54.5 Å². The molecule has 8 nitrogen and oxygen atoms in total. The molecule has 0 bridgehead atoms. The summed E-state index contributed by atoms with van der Waals surface area (Å²) >= 11 is 1.42. The van der Waals surface area contributed by atoms with Crippen LogP contribution in [0.15, 0.2) is 30.3 Å². The van der Waals surface area contributed by atoms with E-state index >= 15 is 0 Å². The van der Waals surface area contributed by atoms with Crippen molar-refractivity contribution in [1.29, 1.82) is 0 Å². The maximum absolute atomic E-state index is 12.7. The Morgan fingerprint density at radius 1 is 0.767 bits per heavy atom. The summed E-state index contributed by atoms with van der Waals surface area (Å²) in [6.07, 6.45) is 16.9. The number of carbonyl (C=O) groups is 3. The van der Waals surface area contributed by atoms with Gasteiger partial charge in [-0.15, -0.1) is 0 Å². The lowest BCUT2D eigenvalue weighted by molar-refractivity contribution is -0.146. The van der Waals surface area contributed by atoms with Crippen LogP contribution in [0.3, 0.4) is 0 Å². The fourth-order valence-corrected chi connectivity index (χ4v) is 5.25. The highest BCUT2D eigenvalue weighted by Crippen LogP contribution is 2.13. The van der Waals surface area contributed by atoms with Crippen LogP contribution in [0.2, 0.25) is 0 Å².